The second-order valence-corrected chi connectivity index (χ2v) is 6.64. The summed E-state index contributed by atoms with van der Waals surface area (Å²) in [7, 11) is 1.50. The van der Waals surface area contributed by atoms with E-state index in [9.17, 15) is 14.4 Å². The molecule has 0 unspecified atom stereocenters. The van der Waals surface area contributed by atoms with Crippen LogP contribution in [0.25, 0.3) is 0 Å². The molecule has 0 fully saturated rings. The fraction of sp³-hybridized carbons (Fsp3) is 0.400. The van der Waals surface area contributed by atoms with Crippen LogP contribution in [-0.4, -0.2) is 21.5 Å². The zero-order chi connectivity index (χ0) is 19.8. The van der Waals surface area contributed by atoms with Crippen molar-refractivity contribution in [2.24, 2.45) is 7.05 Å². The van der Waals surface area contributed by atoms with E-state index in [1.54, 1.807) is 13.8 Å². The van der Waals surface area contributed by atoms with Gasteiger partial charge in [-0.2, -0.15) is 5.10 Å². The molecule has 26 heavy (non-hydrogen) atoms. The number of hydrogen-bond donors (Lipinski definition) is 0. The first-order valence-electron chi connectivity index (χ1n) is 8.38. The first-order valence-corrected chi connectivity index (χ1v) is 8.38. The summed E-state index contributed by atoms with van der Waals surface area (Å²) in [5.74, 6) is -0.709. The number of hydrogen-bond acceptors (Lipinski definition) is 5. The summed E-state index contributed by atoms with van der Waals surface area (Å²) < 4.78 is 6.56. The van der Waals surface area contributed by atoms with E-state index < -0.39 is 11.5 Å². The summed E-state index contributed by atoms with van der Waals surface area (Å²) in [6, 6.07) is 1.91. The molecular weight excluding hydrogens is 332 g/mol. The molecule has 0 atom stereocenters. The van der Waals surface area contributed by atoms with Crippen LogP contribution in [-0.2, 0) is 18.4 Å². The van der Waals surface area contributed by atoms with Crippen LogP contribution in [0.2, 0.25) is 0 Å². The van der Waals surface area contributed by atoms with Gasteiger partial charge in [0.25, 0.3) is 5.56 Å². The number of aryl methyl sites for hydroxylation is 4. The Morgan fingerprint density at radius 1 is 1.04 bits per heavy atom. The maximum atomic E-state index is 12.5. The normalized spacial score (nSPS) is 10.7. The van der Waals surface area contributed by atoms with Gasteiger partial charge in [-0.3, -0.25) is 9.59 Å². The van der Waals surface area contributed by atoms with E-state index in [0.29, 0.717) is 16.8 Å². The van der Waals surface area contributed by atoms with E-state index in [0.717, 1.165) is 26.9 Å². The molecule has 1 heterocycles. The van der Waals surface area contributed by atoms with Gasteiger partial charge in [0.05, 0.1) is 5.69 Å². The maximum Gasteiger partial charge on any atom is 0.344 e. The zero-order valence-electron chi connectivity index (χ0n) is 16.3. The zero-order valence-corrected chi connectivity index (χ0v) is 16.3. The number of nitrogens with zero attached hydrogens (tertiary/aromatic N) is 2. The van der Waals surface area contributed by atoms with Gasteiger partial charge in [0.2, 0.25) is 0 Å². The quantitative estimate of drug-likeness (QED) is 0.622. The molecule has 1 aromatic heterocycles. The van der Waals surface area contributed by atoms with Gasteiger partial charge in [0.1, 0.15) is 12.2 Å². The van der Waals surface area contributed by atoms with Gasteiger partial charge in [-0.1, -0.05) is 6.07 Å². The predicted molar refractivity (Wildman–Crippen MR) is 98.7 cm³/mol. The van der Waals surface area contributed by atoms with Gasteiger partial charge < -0.3 is 4.74 Å². The molecule has 0 aliphatic heterocycles. The average Bonchev–Trinajstić information content (AvgIpc) is 2.52. The van der Waals surface area contributed by atoms with Crippen molar-refractivity contribution in [1.82, 2.24) is 9.78 Å². The monoisotopic (exact) mass is 356 g/mol. The van der Waals surface area contributed by atoms with E-state index in [2.05, 4.69) is 5.10 Å². The lowest BCUT2D eigenvalue weighted by Gasteiger charge is -2.16. The molecule has 6 heteroatoms. The van der Waals surface area contributed by atoms with Crippen LogP contribution in [0.1, 0.15) is 61.2 Å². The maximum absolute atomic E-state index is 12.5. The Bertz CT molecular complexity index is 971. The van der Waals surface area contributed by atoms with Crippen molar-refractivity contribution in [3.8, 4) is 0 Å². The van der Waals surface area contributed by atoms with E-state index in [4.69, 9.17) is 4.74 Å². The standard InChI is InChI=1S/C20H24N2O4/c1-10-8-11(2)17(15(6)23)13(4)16(10)9-26-20(25)18-12(3)14(5)21-22(7)19(18)24/h8H,9H2,1-7H3. The second kappa shape index (κ2) is 7.23. The molecule has 0 saturated heterocycles. The van der Waals surface area contributed by atoms with Crippen molar-refractivity contribution in [3.63, 3.8) is 0 Å². The molecule has 138 valence electrons. The molecule has 2 rings (SSSR count). The number of Topliss-reactive ketones (excluding diaryl/α,β-unsaturated/α-hetero) is 1. The minimum atomic E-state index is -0.683. The molecule has 0 aliphatic rings. The Morgan fingerprint density at radius 3 is 2.23 bits per heavy atom. The van der Waals surface area contributed by atoms with E-state index in [1.807, 2.05) is 26.8 Å². The number of carbonyl (C=O) groups excluding carboxylic acids is 2. The lowest BCUT2D eigenvalue weighted by Crippen LogP contribution is -2.29. The van der Waals surface area contributed by atoms with Crippen LogP contribution >= 0.6 is 0 Å². The number of ketones is 1. The Labute approximate surface area is 152 Å². The highest BCUT2D eigenvalue weighted by Gasteiger charge is 2.21. The van der Waals surface area contributed by atoms with Crippen LogP contribution in [0.5, 0.6) is 0 Å². The van der Waals surface area contributed by atoms with Crippen molar-refractivity contribution >= 4 is 11.8 Å². The Morgan fingerprint density at radius 2 is 1.65 bits per heavy atom. The topological polar surface area (TPSA) is 78.3 Å². The van der Waals surface area contributed by atoms with Crippen molar-refractivity contribution in [2.45, 2.75) is 48.1 Å². The third-order valence-corrected chi connectivity index (χ3v) is 4.76. The highest BCUT2D eigenvalue weighted by atomic mass is 16.5. The number of rotatable bonds is 4. The SMILES string of the molecule is CC(=O)c1c(C)cc(C)c(COC(=O)c2c(C)c(C)nn(C)c2=O)c1C. The van der Waals surface area contributed by atoms with Gasteiger partial charge in [-0.25, -0.2) is 9.48 Å². The fourth-order valence-corrected chi connectivity index (χ4v) is 3.29. The Balaban J connectivity index is 2.39. The molecule has 2 aromatic rings. The molecule has 0 radical (unpaired) electrons. The molecule has 0 spiro atoms. The number of esters is 1. The van der Waals surface area contributed by atoms with Crippen LogP contribution in [0.15, 0.2) is 10.9 Å². The van der Waals surface area contributed by atoms with Crippen molar-refractivity contribution in [1.29, 1.82) is 0 Å². The van der Waals surface area contributed by atoms with Crippen LogP contribution < -0.4 is 5.56 Å². The van der Waals surface area contributed by atoms with E-state index in [1.165, 1.54) is 14.0 Å². The molecule has 0 aliphatic carbocycles. The van der Waals surface area contributed by atoms with Crippen molar-refractivity contribution in [2.75, 3.05) is 0 Å². The van der Waals surface area contributed by atoms with Crippen LogP contribution in [0.4, 0.5) is 0 Å². The highest BCUT2D eigenvalue weighted by molar-refractivity contribution is 5.97. The fourth-order valence-electron chi connectivity index (χ4n) is 3.29. The van der Waals surface area contributed by atoms with Gasteiger partial charge >= 0.3 is 5.97 Å². The lowest BCUT2D eigenvalue weighted by atomic mass is 9.92. The summed E-state index contributed by atoms with van der Waals surface area (Å²) in [4.78, 5) is 36.7. The minimum absolute atomic E-state index is 0.00102. The minimum Gasteiger partial charge on any atom is -0.457 e. The molecule has 0 saturated carbocycles. The predicted octanol–water partition coefficient (Wildman–Crippen LogP) is 2.88. The largest absolute Gasteiger partial charge is 0.457 e. The molecule has 0 bridgehead atoms. The van der Waals surface area contributed by atoms with Gasteiger partial charge in [0.15, 0.2) is 5.78 Å². The molecule has 1 aromatic carbocycles. The Hall–Kier alpha value is -2.76. The first-order chi connectivity index (χ1) is 12.1. The highest BCUT2D eigenvalue weighted by Crippen LogP contribution is 2.24. The number of benzene rings is 1. The average molecular weight is 356 g/mol. The van der Waals surface area contributed by atoms with Gasteiger partial charge in [-0.05, 0) is 69.4 Å². The third-order valence-electron chi connectivity index (χ3n) is 4.76. The molecule has 0 N–H and O–H groups in total. The van der Waals surface area contributed by atoms with Gasteiger partial charge in [-0.15, -0.1) is 0 Å². The summed E-state index contributed by atoms with van der Waals surface area (Å²) in [6.07, 6.45) is 0. The summed E-state index contributed by atoms with van der Waals surface area (Å²) in [5, 5.41) is 4.06. The van der Waals surface area contributed by atoms with Crippen LogP contribution in [0.3, 0.4) is 0 Å². The lowest BCUT2D eigenvalue weighted by molar-refractivity contribution is 0.0467. The third kappa shape index (κ3) is 3.45. The number of aromatic nitrogens is 2. The van der Waals surface area contributed by atoms with E-state index >= 15 is 0 Å². The summed E-state index contributed by atoms with van der Waals surface area (Å²) >= 11 is 0. The molecule has 0 amide bonds. The summed E-state index contributed by atoms with van der Waals surface area (Å²) in [6.45, 7) is 10.6. The van der Waals surface area contributed by atoms with Crippen molar-refractivity contribution < 1.29 is 14.3 Å². The summed E-state index contributed by atoms with van der Waals surface area (Å²) in [5.41, 5.74) is 4.70. The molecule has 6 nitrogen and oxygen atoms in total. The number of carbonyl (C=O) groups is 2. The second-order valence-electron chi connectivity index (χ2n) is 6.64. The van der Waals surface area contributed by atoms with E-state index in [-0.39, 0.29) is 18.0 Å². The van der Waals surface area contributed by atoms with Gasteiger partial charge in [0, 0.05) is 12.6 Å². The van der Waals surface area contributed by atoms with Crippen LogP contribution in [0, 0.1) is 34.6 Å². The smallest absolute Gasteiger partial charge is 0.344 e. The molecular formula is C20H24N2O4. The van der Waals surface area contributed by atoms with Crippen molar-refractivity contribution in [3.05, 3.63) is 61.1 Å². The number of ether oxygens (including phenoxy) is 1. The first kappa shape index (κ1) is 19.6. The Kier molecular flexibility index (Phi) is 5.44.